The lowest BCUT2D eigenvalue weighted by Crippen LogP contribution is -2.06. The Morgan fingerprint density at radius 1 is 1.00 bits per heavy atom. The molecule has 0 amide bonds. The molecule has 0 unspecified atom stereocenters. The molecule has 0 saturated carbocycles. The molecule has 2 aromatic rings. The van der Waals surface area contributed by atoms with Gasteiger partial charge in [-0.05, 0) is 34.1 Å². The molecule has 1 heterocycles. The summed E-state index contributed by atoms with van der Waals surface area (Å²) in [6.07, 6.45) is -4.68. The van der Waals surface area contributed by atoms with E-state index < -0.39 is 17.6 Å². The third kappa shape index (κ3) is 3.21. The molecule has 0 aliphatic carbocycles. The Morgan fingerprint density at radius 2 is 1.55 bits per heavy atom. The average molecular weight is 390 g/mol. The number of benzene rings is 1. The number of hydrogen-bond donors (Lipinski definition) is 0. The number of aromatic nitrogens is 2. The highest BCUT2D eigenvalue weighted by atomic mass is 79.9. The quantitative estimate of drug-likeness (QED) is 0.484. The van der Waals surface area contributed by atoms with Gasteiger partial charge < -0.3 is 0 Å². The molecule has 2 rings (SSSR count). The molecule has 0 spiro atoms. The Labute approximate surface area is 128 Å². The number of halogens is 7. The fourth-order valence-corrected chi connectivity index (χ4v) is 1.97. The molecule has 1 aromatic heterocycles. The fourth-order valence-electron chi connectivity index (χ4n) is 1.41. The van der Waals surface area contributed by atoms with Gasteiger partial charge in [-0.15, -0.1) is 0 Å². The van der Waals surface area contributed by atoms with E-state index in [1.807, 2.05) is 0 Å². The largest absolute Gasteiger partial charge is 0.416 e. The SMILES string of the molecule is Fc1cc(-c2nc(Cl)c(Br)c(Cl)n2)cc(C(F)(F)F)c1. The first kappa shape index (κ1) is 15.5. The van der Waals surface area contributed by atoms with Crippen LogP contribution in [0, 0.1) is 5.82 Å². The summed E-state index contributed by atoms with van der Waals surface area (Å²) in [5, 5.41) is -0.171. The molecule has 0 saturated heterocycles. The van der Waals surface area contributed by atoms with Gasteiger partial charge in [0.25, 0.3) is 0 Å². The zero-order valence-electron chi connectivity index (χ0n) is 9.27. The van der Waals surface area contributed by atoms with E-state index in [1.54, 1.807) is 0 Å². The highest BCUT2D eigenvalue weighted by Gasteiger charge is 2.31. The molecular weight excluding hydrogens is 387 g/mol. The zero-order chi connectivity index (χ0) is 15.1. The van der Waals surface area contributed by atoms with Crippen molar-refractivity contribution in [1.29, 1.82) is 0 Å². The van der Waals surface area contributed by atoms with E-state index in [2.05, 4.69) is 25.9 Å². The van der Waals surface area contributed by atoms with E-state index in [1.165, 1.54) is 0 Å². The van der Waals surface area contributed by atoms with Crippen molar-refractivity contribution >= 4 is 39.1 Å². The van der Waals surface area contributed by atoms with Gasteiger partial charge in [0.2, 0.25) is 0 Å². The van der Waals surface area contributed by atoms with Crippen molar-refractivity contribution in [2.24, 2.45) is 0 Å². The minimum atomic E-state index is -4.68. The molecule has 1 aromatic carbocycles. The number of alkyl halides is 3. The Hall–Kier alpha value is -0.920. The molecule has 9 heteroatoms. The topological polar surface area (TPSA) is 25.8 Å². The Morgan fingerprint density at radius 3 is 2.05 bits per heavy atom. The van der Waals surface area contributed by atoms with Crippen molar-refractivity contribution in [3.63, 3.8) is 0 Å². The minimum absolute atomic E-state index is 0.0854. The summed E-state index contributed by atoms with van der Waals surface area (Å²) in [6.45, 7) is 0. The van der Waals surface area contributed by atoms with E-state index in [-0.39, 0.29) is 26.2 Å². The van der Waals surface area contributed by atoms with E-state index in [0.29, 0.717) is 6.07 Å². The second-order valence-corrected chi connectivity index (χ2v) is 5.18. The van der Waals surface area contributed by atoms with E-state index in [9.17, 15) is 17.6 Å². The Bertz CT molecular complexity index is 653. The van der Waals surface area contributed by atoms with Gasteiger partial charge in [-0.25, -0.2) is 14.4 Å². The predicted octanol–water partition coefficient (Wildman–Crippen LogP) is 5.37. The van der Waals surface area contributed by atoms with E-state index in [0.717, 1.165) is 12.1 Å². The smallest absolute Gasteiger partial charge is 0.215 e. The highest BCUT2D eigenvalue weighted by molar-refractivity contribution is 9.10. The normalized spacial score (nSPS) is 11.8. The summed E-state index contributed by atoms with van der Waals surface area (Å²) in [7, 11) is 0. The van der Waals surface area contributed by atoms with Crippen LogP contribution in [0.15, 0.2) is 22.7 Å². The van der Waals surface area contributed by atoms with Gasteiger partial charge in [0.15, 0.2) is 5.82 Å². The highest BCUT2D eigenvalue weighted by Crippen LogP contribution is 2.34. The molecule has 2 nitrogen and oxygen atoms in total. The molecule has 0 atom stereocenters. The fraction of sp³-hybridized carbons (Fsp3) is 0.0909. The van der Waals surface area contributed by atoms with Crippen molar-refractivity contribution in [3.05, 3.63) is 44.4 Å². The Balaban J connectivity index is 2.61. The first-order chi connectivity index (χ1) is 9.18. The van der Waals surface area contributed by atoms with Crippen LogP contribution >= 0.6 is 39.1 Å². The molecule has 0 fully saturated rings. The third-order valence-electron chi connectivity index (χ3n) is 2.25. The maximum absolute atomic E-state index is 13.3. The maximum Gasteiger partial charge on any atom is 0.416 e. The molecule has 0 aliphatic rings. The maximum atomic E-state index is 13.3. The lowest BCUT2D eigenvalue weighted by Gasteiger charge is -2.09. The van der Waals surface area contributed by atoms with Crippen LogP contribution in [0.5, 0.6) is 0 Å². The minimum Gasteiger partial charge on any atom is -0.215 e. The average Bonchev–Trinajstić information content (AvgIpc) is 2.33. The molecule has 0 bridgehead atoms. The van der Waals surface area contributed by atoms with Crippen LogP contribution in [0.3, 0.4) is 0 Å². The van der Waals surface area contributed by atoms with Gasteiger partial charge in [0, 0.05) is 5.56 Å². The van der Waals surface area contributed by atoms with Crippen LogP contribution in [0.2, 0.25) is 10.3 Å². The lowest BCUT2D eigenvalue weighted by atomic mass is 10.1. The molecule has 0 N–H and O–H groups in total. The first-order valence-corrected chi connectivity index (χ1v) is 6.50. The molecule has 106 valence electrons. The molecule has 20 heavy (non-hydrogen) atoms. The van der Waals surface area contributed by atoms with Crippen LogP contribution < -0.4 is 0 Å². The van der Waals surface area contributed by atoms with Gasteiger partial charge in [-0.2, -0.15) is 13.2 Å². The van der Waals surface area contributed by atoms with Gasteiger partial charge in [-0.3, -0.25) is 0 Å². The van der Waals surface area contributed by atoms with Gasteiger partial charge in [0.05, 0.1) is 10.0 Å². The lowest BCUT2D eigenvalue weighted by molar-refractivity contribution is -0.137. The number of hydrogen-bond acceptors (Lipinski definition) is 2. The third-order valence-corrected chi connectivity index (χ3v) is 4.01. The van der Waals surface area contributed by atoms with Crippen LogP contribution in [-0.4, -0.2) is 9.97 Å². The van der Waals surface area contributed by atoms with Crippen molar-refractivity contribution in [2.75, 3.05) is 0 Å². The summed E-state index contributed by atoms with van der Waals surface area (Å²) in [6, 6.07) is 1.97. The second-order valence-electron chi connectivity index (χ2n) is 3.67. The molecule has 0 aliphatic heterocycles. The number of rotatable bonds is 1. The van der Waals surface area contributed by atoms with Crippen molar-refractivity contribution in [3.8, 4) is 11.4 Å². The monoisotopic (exact) mass is 388 g/mol. The molecule has 0 radical (unpaired) electrons. The summed E-state index contributed by atoms with van der Waals surface area (Å²) < 4.78 is 51.4. The van der Waals surface area contributed by atoms with Crippen molar-refractivity contribution < 1.29 is 17.6 Å². The van der Waals surface area contributed by atoms with Gasteiger partial charge >= 0.3 is 6.18 Å². The summed E-state index contributed by atoms with van der Waals surface area (Å²) in [5.74, 6) is -1.26. The van der Waals surface area contributed by atoms with Crippen LogP contribution in [0.4, 0.5) is 17.6 Å². The second kappa shape index (κ2) is 5.46. The Kier molecular flexibility index (Phi) is 4.22. The standard InChI is InChI=1S/C11H3BrCl2F4N2/c12-7-8(13)19-10(20-9(7)14)4-1-5(11(16,17)18)3-6(15)2-4/h1-3H. The van der Waals surface area contributed by atoms with Crippen molar-refractivity contribution in [2.45, 2.75) is 6.18 Å². The number of nitrogens with zero attached hydrogens (tertiary/aromatic N) is 2. The summed E-state index contributed by atoms with van der Waals surface area (Å²) in [4.78, 5) is 7.51. The molecular formula is C11H3BrCl2F4N2. The van der Waals surface area contributed by atoms with E-state index >= 15 is 0 Å². The van der Waals surface area contributed by atoms with Crippen LogP contribution in [0.25, 0.3) is 11.4 Å². The summed E-state index contributed by atoms with van der Waals surface area (Å²) in [5.41, 5.74) is -1.32. The summed E-state index contributed by atoms with van der Waals surface area (Å²) >= 11 is 14.5. The van der Waals surface area contributed by atoms with Crippen molar-refractivity contribution in [1.82, 2.24) is 9.97 Å². The van der Waals surface area contributed by atoms with Gasteiger partial charge in [0.1, 0.15) is 16.1 Å². The van der Waals surface area contributed by atoms with Crippen LogP contribution in [0.1, 0.15) is 5.56 Å². The van der Waals surface area contributed by atoms with E-state index in [4.69, 9.17) is 23.2 Å². The van der Waals surface area contributed by atoms with Gasteiger partial charge in [-0.1, -0.05) is 23.2 Å². The predicted molar refractivity (Wildman–Crippen MR) is 70.1 cm³/mol. The van der Waals surface area contributed by atoms with Crippen LogP contribution in [-0.2, 0) is 6.18 Å². The zero-order valence-corrected chi connectivity index (χ0v) is 12.4. The first-order valence-electron chi connectivity index (χ1n) is 4.95.